The van der Waals surface area contributed by atoms with Gasteiger partial charge in [0.25, 0.3) is 10.0 Å². The number of hydrogen-bond acceptors (Lipinski definition) is 3. The van der Waals surface area contributed by atoms with Crippen molar-refractivity contribution < 1.29 is 13.2 Å². The van der Waals surface area contributed by atoms with Gasteiger partial charge in [-0.3, -0.25) is 9.52 Å². The quantitative estimate of drug-likeness (QED) is 0.864. The fourth-order valence-corrected chi connectivity index (χ4v) is 4.25. The zero-order chi connectivity index (χ0) is 19.8. The highest BCUT2D eigenvalue weighted by Crippen LogP contribution is 2.34. The predicted octanol–water partition coefficient (Wildman–Crippen LogP) is 3.99. The summed E-state index contributed by atoms with van der Waals surface area (Å²) in [6, 6.07) is 12.3. The van der Waals surface area contributed by atoms with Crippen LogP contribution in [0.1, 0.15) is 38.8 Å². The molecule has 6 heteroatoms. The van der Waals surface area contributed by atoms with Crippen molar-refractivity contribution in [2.75, 3.05) is 16.2 Å². The Balaban J connectivity index is 1.82. The van der Waals surface area contributed by atoms with E-state index in [9.17, 15) is 13.2 Å². The Hall–Kier alpha value is -2.34. The Morgan fingerprint density at radius 3 is 2.37 bits per heavy atom. The molecule has 1 aliphatic rings. The third-order valence-corrected chi connectivity index (χ3v) is 6.15. The summed E-state index contributed by atoms with van der Waals surface area (Å²) >= 11 is 0. The van der Waals surface area contributed by atoms with E-state index in [0.717, 1.165) is 29.7 Å². The van der Waals surface area contributed by atoms with E-state index in [0.29, 0.717) is 12.2 Å². The molecular weight excluding hydrogens is 360 g/mol. The van der Waals surface area contributed by atoms with E-state index in [1.54, 1.807) is 23.1 Å². The van der Waals surface area contributed by atoms with Gasteiger partial charge in [0.05, 0.1) is 4.90 Å². The predicted molar refractivity (Wildman–Crippen MR) is 109 cm³/mol. The molecule has 0 aliphatic carbocycles. The number of nitrogens with one attached hydrogen (secondary N) is 1. The highest BCUT2D eigenvalue weighted by Gasteiger charge is 2.32. The first-order valence-electron chi connectivity index (χ1n) is 9.18. The zero-order valence-electron chi connectivity index (χ0n) is 16.2. The molecule has 3 rings (SSSR count). The topological polar surface area (TPSA) is 66.5 Å². The molecule has 1 heterocycles. The Morgan fingerprint density at radius 2 is 1.78 bits per heavy atom. The van der Waals surface area contributed by atoms with Crippen LogP contribution < -0.4 is 9.62 Å². The van der Waals surface area contributed by atoms with Crippen molar-refractivity contribution in [1.29, 1.82) is 0 Å². The monoisotopic (exact) mass is 386 g/mol. The summed E-state index contributed by atoms with van der Waals surface area (Å²) in [5.41, 5.74) is 3.00. The van der Waals surface area contributed by atoms with Crippen LogP contribution in [0.5, 0.6) is 0 Å². The molecule has 0 aromatic heterocycles. The van der Waals surface area contributed by atoms with Crippen LogP contribution in [0.2, 0.25) is 0 Å². The molecule has 0 radical (unpaired) electrons. The van der Waals surface area contributed by atoms with Gasteiger partial charge in [-0.15, -0.1) is 0 Å². The summed E-state index contributed by atoms with van der Waals surface area (Å²) in [5, 5.41) is 0. The van der Waals surface area contributed by atoms with Gasteiger partial charge in [0.15, 0.2) is 0 Å². The van der Waals surface area contributed by atoms with Crippen molar-refractivity contribution in [2.24, 2.45) is 5.41 Å². The molecule has 27 heavy (non-hydrogen) atoms. The number of rotatable bonds is 4. The number of nitrogens with zero attached hydrogens (tertiary/aromatic N) is 1. The molecule has 1 amide bonds. The second kappa shape index (κ2) is 7.00. The maximum Gasteiger partial charge on any atom is 0.261 e. The Bertz CT molecular complexity index is 958. The van der Waals surface area contributed by atoms with Crippen molar-refractivity contribution in [3.05, 3.63) is 53.6 Å². The second-order valence-corrected chi connectivity index (χ2v) is 9.59. The minimum absolute atomic E-state index is 0.0746. The number of carbonyl (C=O) groups excluding carboxylic acids is 1. The van der Waals surface area contributed by atoms with Crippen molar-refractivity contribution in [3.8, 4) is 0 Å². The van der Waals surface area contributed by atoms with Crippen molar-refractivity contribution >= 4 is 27.3 Å². The van der Waals surface area contributed by atoms with Crippen LogP contribution in [0.25, 0.3) is 0 Å². The molecule has 1 N–H and O–H groups in total. The maximum atomic E-state index is 12.6. The van der Waals surface area contributed by atoms with Crippen LogP contribution in [0.4, 0.5) is 11.4 Å². The van der Waals surface area contributed by atoms with Crippen LogP contribution in [-0.4, -0.2) is 20.9 Å². The first-order chi connectivity index (χ1) is 12.6. The van der Waals surface area contributed by atoms with E-state index >= 15 is 0 Å². The molecule has 2 aromatic carbocycles. The van der Waals surface area contributed by atoms with Crippen molar-refractivity contribution in [3.63, 3.8) is 0 Å². The first kappa shape index (κ1) is 19.4. The van der Waals surface area contributed by atoms with E-state index in [4.69, 9.17) is 0 Å². The number of amides is 1. The Morgan fingerprint density at radius 1 is 1.11 bits per heavy atom. The number of fused-ring (bicyclic) bond motifs is 1. The van der Waals surface area contributed by atoms with Crippen LogP contribution in [0.15, 0.2) is 47.4 Å². The van der Waals surface area contributed by atoms with E-state index in [1.165, 1.54) is 0 Å². The second-order valence-electron chi connectivity index (χ2n) is 7.90. The van der Waals surface area contributed by atoms with Gasteiger partial charge in [0.1, 0.15) is 0 Å². The fraction of sp³-hybridized carbons (Fsp3) is 0.381. The molecule has 0 saturated carbocycles. The van der Waals surface area contributed by atoms with Crippen LogP contribution in [0, 0.1) is 5.41 Å². The fourth-order valence-electron chi connectivity index (χ4n) is 3.20. The lowest BCUT2D eigenvalue weighted by Gasteiger charge is -2.26. The van der Waals surface area contributed by atoms with Gasteiger partial charge in [0, 0.05) is 23.3 Å². The normalized spacial score (nSPS) is 14.1. The van der Waals surface area contributed by atoms with E-state index in [1.807, 2.05) is 52.0 Å². The van der Waals surface area contributed by atoms with Gasteiger partial charge in [-0.05, 0) is 54.3 Å². The van der Waals surface area contributed by atoms with Crippen LogP contribution in [0.3, 0.4) is 0 Å². The summed E-state index contributed by atoms with van der Waals surface area (Å²) in [5.74, 6) is 0.0746. The molecule has 2 aromatic rings. The summed E-state index contributed by atoms with van der Waals surface area (Å²) < 4.78 is 27.9. The minimum Gasteiger partial charge on any atom is -0.311 e. The molecule has 0 saturated heterocycles. The third kappa shape index (κ3) is 4.00. The average Bonchev–Trinajstić information content (AvgIpc) is 3.03. The average molecular weight is 387 g/mol. The molecule has 1 aliphatic heterocycles. The smallest absolute Gasteiger partial charge is 0.261 e. The standard InChI is InChI=1S/C21H26N2O3S/c1-5-15-6-9-18(10-7-15)27(25,26)22-17-8-11-19-16(14-17)12-13-23(19)20(24)21(2,3)4/h6-11,14,22H,5,12-13H2,1-4H3. The molecule has 0 atom stereocenters. The van der Waals surface area contributed by atoms with Gasteiger partial charge in [-0.1, -0.05) is 39.8 Å². The third-order valence-electron chi connectivity index (χ3n) is 4.76. The van der Waals surface area contributed by atoms with Gasteiger partial charge < -0.3 is 4.90 Å². The molecule has 144 valence electrons. The zero-order valence-corrected chi connectivity index (χ0v) is 17.1. The van der Waals surface area contributed by atoms with Crippen LogP contribution in [-0.2, 0) is 27.7 Å². The van der Waals surface area contributed by atoms with Crippen molar-refractivity contribution in [2.45, 2.75) is 45.4 Å². The van der Waals surface area contributed by atoms with E-state index < -0.39 is 15.4 Å². The molecular formula is C21H26N2O3S. The maximum absolute atomic E-state index is 12.6. The van der Waals surface area contributed by atoms with Crippen LogP contribution >= 0.6 is 0 Å². The summed E-state index contributed by atoms with van der Waals surface area (Å²) in [6.07, 6.45) is 1.58. The molecule has 0 bridgehead atoms. The largest absolute Gasteiger partial charge is 0.311 e. The van der Waals surface area contributed by atoms with Crippen molar-refractivity contribution in [1.82, 2.24) is 0 Å². The molecule has 0 fully saturated rings. The Labute approximate surface area is 161 Å². The highest BCUT2D eigenvalue weighted by molar-refractivity contribution is 7.92. The molecule has 5 nitrogen and oxygen atoms in total. The first-order valence-corrected chi connectivity index (χ1v) is 10.7. The number of hydrogen-bond donors (Lipinski definition) is 1. The number of sulfonamides is 1. The van der Waals surface area contributed by atoms with Gasteiger partial charge in [-0.2, -0.15) is 0 Å². The van der Waals surface area contributed by atoms with Gasteiger partial charge >= 0.3 is 0 Å². The molecule has 0 unspecified atom stereocenters. The highest BCUT2D eigenvalue weighted by atomic mass is 32.2. The lowest BCUT2D eigenvalue weighted by Crippen LogP contribution is -2.38. The lowest BCUT2D eigenvalue weighted by atomic mass is 9.94. The minimum atomic E-state index is -3.64. The van der Waals surface area contributed by atoms with E-state index in [-0.39, 0.29) is 10.8 Å². The SMILES string of the molecule is CCc1ccc(S(=O)(=O)Nc2ccc3c(c2)CCN3C(=O)C(C)(C)C)cc1. The molecule has 0 spiro atoms. The number of anilines is 2. The summed E-state index contributed by atoms with van der Waals surface area (Å²) in [7, 11) is -3.64. The Kier molecular flexibility index (Phi) is 5.04. The van der Waals surface area contributed by atoms with Gasteiger partial charge in [-0.25, -0.2) is 8.42 Å². The summed E-state index contributed by atoms with van der Waals surface area (Å²) in [4.78, 5) is 14.6. The number of benzene rings is 2. The number of carbonyl (C=O) groups is 1. The van der Waals surface area contributed by atoms with Gasteiger partial charge in [0.2, 0.25) is 5.91 Å². The lowest BCUT2D eigenvalue weighted by molar-refractivity contribution is -0.125. The van der Waals surface area contributed by atoms with E-state index in [2.05, 4.69) is 4.72 Å². The summed E-state index contributed by atoms with van der Waals surface area (Å²) in [6.45, 7) is 8.36. The number of aryl methyl sites for hydroxylation is 1.